The maximum atomic E-state index is 11.0. The van der Waals surface area contributed by atoms with Gasteiger partial charge in [0.15, 0.2) is 0 Å². The van der Waals surface area contributed by atoms with Crippen molar-refractivity contribution in [2.75, 3.05) is 12.4 Å². The molecule has 0 saturated heterocycles. The minimum atomic E-state index is -0.512. The van der Waals surface area contributed by atoms with Crippen molar-refractivity contribution < 1.29 is 4.79 Å². The lowest BCUT2D eigenvalue weighted by Gasteiger charge is -2.07. The molecule has 0 aliphatic rings. The van der Waals surface area contributed by atoms with Crippen molar-refractivity contribution in [3.8, 4) is 0 Å². The first-order valence-corrected chi connectivity index (χ1v) is 3.89. The van der Waals surface area contributed by atoms with E-state index in [-0.39, 0.29) is 0 Å². The minimum Gasteiger partial charge on any atom is -0.372 e. The lowest BCUT2D eigenvalue weighted by molar-refractivity contribution is 0.1000. The summed E-state index contributed by atoms with van der Waals surface area (Å²) in [6.07, 6.45) is 0. The van der Waals surface area contributed by atoms with Gasteiger partial charge in [-0.1, -0.05) is 0 Å². The van der Waals surface area contributed by atoms with Gasteiger partial charge in [-0.15, -0.1) is 0 Å². The molecule has 0 aliphatic heterocycles. The molecule has 0 bridgehead atoms. The van der Waals surface area contributed by atoms with Gasteiger partial charge >= 0.3 is 0 Å². The van der Waals surface area contributed by atoms with Crippen LogP contribution in [0.1, 0.15) is 21.9 Å². The fraction of sp³-hybridized carbons (Fsp3) is 0.375. The van der Waals surface area contributed by atoms with Crippen molar-refractivity contribution in [3.63, 3.8) is 0 Å². The van der Waals surface area contributed by atoms with E-state index in [1.165, 1.54) is 0 Å². The third kappa shape index (κ3) is 1.74. The molecule has 1 aromatic heterocycles. The second-order valence-electron chi connectivity index (χ2n) is 2.69. The number of amides is 1. The third-order valence-electron chi connectivity index (χ3n) is 1.68. The molecule has 0 aliphatic carbocycles. The van der Waals surface area contributed by atoms with Gasteiger partial charge in [-0.25, -0.2) is 9.97 Å². The number of carbonyl (C=O) groups excluding carboxylic acids is 1. The lowest BCUT2D eigenvalue weighted by Crippen LogP contribution is -2.17. The van der Waals surface area contributed by atoms with Gasteiger partial charge < -0.3 is 11.1 Å². The van der Waals surface area contributed by atoms with Gasteiger partial charge in [0.05, 0.1) is 5.69 Å². The molecule has 0 saturated carbocycles. The Bertz CT molecular complexity index is 348. The highest BCUT2D eigenvalue weighted by Gasteiger charge is 2.13. The van der Waals surface area contributed by atoms with Crippen LogP contribution >= 0.6 is 0 Å². The number of aromatic nitrogens is 2. The summed E-state index contributed by atoms with van der Waals surface area (Å²) in [6.45, 7) is 3.49. The number of aryl methyl sites for hydroxylation is 2. The maximum absolute atomic E-state index is 11.0. The Labute approximate surface area is 76.4 Å². The molecule has 70 valence electrons. The molecule has 3 N–H and O–H groups in total. The molecule has 5 heteroatoms. The van der Waals surface area contributed by atoms with E-state index in [1.807, 2.05) is 0 Å². The molecule has 1 aromatic rings. The molecule has 1 rings (SSSR count). The number of primary amides is 1. The summed E-state index contributed by atoms with van der Waals surface area (Å²) in [5.74, 6) is 0.589. The standard InChI is InChI=1S/C8H12N4O/c1-4-6(7(9)13)8(10-3)12-5(2)11-4/h1-3H3,(H2,9,13)(H,10,11,12). The molecular formula is C8H12N4O. The average Bonchev–Trinajstić information content (AvgIpc) is 2.01. The van der Waals surface area contributed by atoms with Crippen molar-refractivity contribution in [2.24, 2.45) is 5.73 Å². The van der Waals surface area contributed by atoms with Gasteiger partial charge in [-0.2, -0.15) is 0 Å². The summed E-state index contributed by atoms with van der Waals surface area (Å²) in [5, 5.41) is 2.81. The zero-order valence-corrected chi connectivity index (χ0v) is 7.88. The highest BCUT2D eigenvalue weighted by Crippen LogP contribution is 2.14. The Morgan fingerprint density at radius 2 is 2.00 bits per heavy atom. The van der Waals surface area contributed by atoms with Crippen molar-refractivity contribution in [1.29, 1.82) is 0 Å². The Kier molecular flexibility index (Phi) is 2.46. The van der Waals surface area contributed by atoms with E-state index in [2.05, 4.69) is 15.3 Å². The van der Waals surface area contributed by atoms with Crippen molar-refractivity contribution in [1.82, 2.24) is 9.97 Å². The van der Waals surface area contributed by atoms with E-state index in [0.29, 0.717) is 22.9 Å². The van der Waals surface area contributed by atoms with E-state index < -0.39 is 5.91 Å². The number of rotatable bonds is 2. The number of hydrogen-bond acceptors (Lipinski definition) is 4. The van der Waals surface area contributed by atoms with E-state index in [1.54, 1.807) is 20.9 Å². The molecule has 0 radical (unpaired) electrons. The lowest BCUT2D eigenvalue weighted by atomic mass is 10.2. The predicted octanol–water partition coefficient (Wildman–Crippen LogP) is 0.234. The highest BCUT2D eigenvalue weighted by atomic mass is 16.1. The summed E-state index contributed by atoms with van der Waals surface area (Å²) >= 11 is 0. The molecule has 13 heavy (non-hydrogen) atoms. The number of nitrogens with one attached hydrogen (secondary N) is 1. The SMILES string of the molecule is CNc1nc(C)nc(C)c1C(N)=O. The quantitative estimate of drug-likeness (QED) is 0.682. The highest BCUT2D eigenvalue weighted by molar-refractivity contribution is 5.98. The fourth-order valence-electron chi connectivity index (χ4n) is 1.19. The van der Waals surface area contributed by atoms with Crippen LogP contribution in [0.4, 0.5) is 5.82 Å². The van der Waals surface area contributed by atoms with E-state index in [9.17, 15) is 4.79 Å². The largest absolute Gasteiger partial charge is 0.372 e. The van der Waals surface area contributed by atoms with Crippen LogP contribution in [0, 0.1) is 13.8 Å². The van der Waals surface area contributed by atoms with Crippen LogP contribution in [0.3, 0.4) is 0 Å². The molecule has 1 amide bonds. The van der Waals surface area contributed by atoms with Gasteiger partial charge in [0.2, 0.25) is 0 Å². The minimum absolute atomic E-state index is 0.355. The number of carbonyl (C=O) groups is 1. The zero-order chi connectivity index (χ0) is 10.0. The summed E-state index contributed by atoms with van der Waals surface area (Å²) < 4.78 is 0. The Hall–Kier alpha value is -1.65. The van der Waals surface area contributed by atoms with E-state index in [4.69, 9.17) is 5.73 Å². The van der Waals surface area contributed by atoms with E-state index in [0.717, 1.165) is 0 Å². The van der Waals surface area contributed by atoms with Crippen LogP contribution in [-0.4, -0.2) is 22.9 Å². The van der Waals surface area contributed by atoms with Gasteiger partial charge in [-0.05, 0) is 13.8 Å². The number of anilines is 1. The Morgan fingerprint density at radius 3 is 2.46 bits per heavy atom. The normalized spacial score (nSPS) is 9.77. The van der Waals surface area contributed by atoms with Crippen LogP contribution in [-0.2, 0) is 0 Å². The van der Waals surface area contributed by atoms with Gasteiger partial charge in [0.25, 0.3) is 5.91 Å². The smallest absolute Gasteiger partial charge is 0.254 e. The second-order valence-corrected chi connectivity index (χ2v) is 2.69. The van der Waals surface area contributed by atoms with Crippen LogP contribution in [0.5, 0.6) is 0 Å². The maximum Gasteiger partial charge on any atom is 0.254 e. The van der Waals surface area contributed by atoms with Crippen LogP contribution < -0.4 is 11.1 Å². The van der Waals surface area contributed by atoms with Crippen LogP contribution in [0.25, 0.3) is 0 Å². The summed E-state index contributed by atoms with van der Waals surface area (Å²) in [4.78, 5) is 19.1. The second kappa shape index (κ2) is 3.38. The Morgan fingerprint density at radius 1 is 1.38 bits per heavy atom. The molecule has 0 atom stereocenters. The third-order valence-corrected chi connectivity index (χ3v) is 1.68. The first kappa shape index (κ1) is 9.44. The number of hydrogen-bond donors (Lipinski definition) is 2. The molecule has 1 heterocycles. The first-order valence-electron chi connectivity index (χ1n) is 3.89. The molecule has 5 nitrogen and oxygen atoms in total. The fourth-order valence-corrected chi connectivity index (χ4v) is 1.19. The van der Waals surface area contributed by atoms with Crippen molar-refractivity contribution in [2.45, 2.75) is 13.8 Å². The van der Waals surface area contributed by atoms with Crippen molar-refractivity contribution >= 4 is 11.7 Å². The number of nitrogens with two attached hydrogens (primary N) is 1. The molecule has 0 aromatic carbocycles. The molecular weight excluding hydrogens is 168 g/mol. The molecule has 0 spiro atoms. The van der Waals surface area contributed by atoms with Crippen LogP contribution in [0.15, 0.2) is 0 Å². The zero-order valence-electron chi connectivity index (χ0n) is 7.88. The van der Waals surface area contributed by atoms with E-state index >= 15 is 0 Å². The van der Waals surface area contributed by atoms with Gasteiger partial charge in [0.1, 0.15) is 17.2 Å². The monoisotopic (exact) mass is 180 g/mol. The van der Waals surface area contributed by atoms with Gasteiger partial charge in [-0.3, -0.25) is 4.79 Å². The summed E-state index contributed by atoms with van der Waals surface area (Å²) in [5.41, 5.74) is 6.14. The number of nitrogens with zero attached hydrogens (tertiary/aromatic N) is 2. The molecule has 0 fully saturated rings. The summed E-state index contributed by atoms with van der Waals surface area (Å²) in [6, 6.07) is 0. The first-order chi connectivity index (χ1) is 6.06. The Balaban J connectivity index is 3.38. The summed E-state index contributed by atoms with van der Waals surface area (Å²) in [7, 11) is 1.69. The van der Waals surface area contributed by atoms with Crippen molar-refractivity contribution in [3.05, 3.63) is 17.1 Å². The predicted molar refractivity (Wildman–Crippen MR) is 49.6 cm³/mol. The molecule has 0 unspecified atom stereocenters. The average molecular weight is 180 g/mol. The van der Waals surface area contributed by atoms with Gasteiger partial charge in [0, 0.05) is 7.05 Å². The van der Waals surface area contributed by atoms with Crippen LogP contribution in [0.2, 0.25) is 0 Å². The topological polar surface area (TPSA) is 80.9 Å².